The van der Waals surface area contributed by atoms with Gasteiger partial charge in [0.2, 0.25) is 6.41 Å². The van der Waals surface area contributed by atoms with Crippen molar-refractivity contribution in [3.63, 3.8) is 0 Å². The molecule has 0 saturated carbocycles. The van der Waals surface area contributed by atoms with Crippen LogP contribution < -0.4 is 0 Å². The number of hydrazine groups is 1. The van der Waals surface area contributed by atoms with E-state index in [0.717, 1.165) is 32.5 Å². The number of carbonyl (C=O) groups is 1. The quantitative estimate of drug-likeness (QED) is 0.317. The molecule has 0 atom stereocenters. The fraction of sp³-hybridized carbons (Fsp3) is 0.917. The fourth-order valence-electron chi connectivity index (χ4n) is 1.68. The second-order valence-corrected chi connectivity index (χ2v) is 3.88. The Morgan fingerprint density at radius 1 is 0.933 bits per heavy atom. The third-order valence-corrected chi connectivity index (χ3v) is 2.57. The van der Waals surface area contributed by atoms with Crippen molar-refractivity contribution in [2.24, 2.45) is 0 Å². The van der Waals surface area contributed by atoms with Gasteiger partial charge in [-0.15, -0.1) is 0 Å². The maximum atomic E-state index is 10.9. The van der Waals surface area contributed by atoms with E-state index in [0.29, 0.717) is 0 Å². The van der Waals surface area contributed by atoms with E-state index in [1.807, 2.05) is 5.01 Å². The van der Waals surface area contributed by atoms with Crippen LogP contribution in [-0.2, 0) is 4.79 Å². The molecule has 90 valence electrons. The molecule has 0 heterocycles. The molecule has 0 unspecified atom stereocenters. The Labute approximate surface area is 94.4 Å². The Balaban J connectivity index is 3.81. The summed E-state index contributed by atoms with van der Waals surface area (Å²) in [6.45, 7) is 9.19. The molecule has 0 spiro atoms. The summed E-state index contributed by atoms with van der Waals surface area (Å²) < 4.78 is 0. The van der Waals surface area contributed by atoms with Crippen LogP contribution in [0.4, 0.5) is 0 Å². The van der Waals surface area contributed by atoms with Crippen LogP contribution in [-0.4, -0.2) is 36.1 Å². The minimum atomic E-state index is 0.838. The zero-order chi connectivity index (χ0) is 11.5. The second kappa shape index (κ2) is 9.97. The van der Waals surface area contributed by atoms with Crippen LogP contribution in [0.1, 0.15) is 52.9 Å². The van der Waals surface area contributed by atoms with Gasteiger partial charge in [0, 0.05) is 19.6 Å². The first-order chi connectivity index (χ1) is 7.29. The summed E-state index contributed by atoms with van der Waals surface area (Å²) in [5.41, 5.74) is 0. The predicted molar refractivity (Wildman–Crippen MR) is 64.5 cm³/mol. The topological polar surface area (TPSA) is 23.6 Å². The molecule has 0 aliphatic rings. The normalized spacial score (nSPS) is 10.7. The third kappa shape index (κ3) is 6.50. The average Bonchev–Trinajstić information content (AvgIpc) is 2.27. The number of carbonyl (C=O) groups excluding carboxylic acids is 1. The summed E-state index contributed by atoms with van der Waals surface area (Å²) in [5, 5.41) is 3.96. The summed E-state index contributed by atoms with van der Waals surface area (Å²) in [4.78, 5) is 10.9. The van der Waals surface area contributed by atoms with Crippen LogP contribution in [0.3, 0.4) is 0 Å². The second-order valence-electron chi connectivity index (χ2n) is 3.88. The molecule has 0 saturated heterocycles. The number of hydrogen-bond donors (Lipinski definition) is 0. The molecule has 0 aromatic rings. The Morgan fingerprint density at radius 3 is 2.13 bits per heavy atom. The van der Waals surface area contributed by atoms with Crippen LogP contribution in [0.15, 0.2) is 0 Å². The van der Waals surface area contributed by atoms with Crippen molar-refractivity contribution in [1.82, 2.24) is 10.0 Å². The van der Waals surface area contributed by atoms with Crippen molar-refractivity contribution >= 4 is 6.41 Å². The van der Waals surface area contributed by atoms with Gasteiger partial charge in [-0.05, 0) is 12.8 Å². The minimum Gasteiger partial charge on any atom is -0.278 e. The molecule has 1 amide bonds. The first-order valence-electron chi connectivity index (χ1n) is 6.26. The lowest BCUT2D eigenvalue weighted by molar-refractivity contribution is -0.134. The van der Waals surface area contributed by atoms with Crippen molar-refractivity contribution in [2.75, 3.05) is 19.6 Å². The van der Waals surface area contributed by atoms with Crippen molar-refractivity contribution in [3.8, 4) is 0 Å². The number of unbranched alkanes of at least 4 members (excludes halogenated alkanes) is 3. The molecule has 0 aliphatic heterocycles. The highest BCUT2D eigenvalue weighted by Gasteiger charge is 2.09. The molecule has 0 N–H and O–H groups in total. The summed E-state index contributed by atoms with van der Waals surface area (Å²) in [6.07, 6.45) is 6.99. The molecule has 0 radical (unpaired) electrons. The van der Waals surface area contributed by atoms with Crippen LogP contribution in [0.5, 0.6) is 0 Å². The maximum absolute atomic E-state index is 10.9. The highest BCUT2D eigenvalue weighted by molar-refractivity contribution is 5.45. The number of rotatable bonds is 10. The van der Waals surface area contributed by atoms with E-state index in [4.69, 9.17) is 0 Å². The van der Waals surface area contributed by atoms with Crippen molar-refractivity contribution in [1.29, 1.82) is 0 Å². The van der Waals surface area contributed by atoms with Gasteiger partial charge < -0.3 is 0 Å². The van der Waals surface area contributed by atoms with Gasteiger partial charge in [0.1, 0.15) is 0 Å². The molecule has 0 aliphatic carbocycles. The van der Waals surface area contributed by atoms with Crippen molar-refractivity contribution in [2.45, 2.75) is 52.9 Å². The first-order valence-corrected chi connectivity index (χ1v) is 6.26. The Hall–Kier alpha value is -0.570. The standard InChI is InChI=1S/C12H26N2O/c1-4-7-8-9-11-13(6-3)14(12-15)10-5-2/h12H,4-11H2,1-3H3. The SMILES string of the molecule is CCCCCCN(CC)N(C=O)CCC. The van der Waals surface area contributed by atoms with E-state index in [2.05, 4.69) is 25.8 Å². The summed E-state index contributed by atoms with van der Waals surface area (Å²) >= 11 is 0. The monoisotopic (exact) mass is 214 g/mol. The van der Waals surface area contributed by atoms with E-state index in [9.17, 15) is 4.79 Å². The molecule has 0 aromatic heterocycles. The first kappa shape index (κ1) is 14.4. The lowest BCUT2D eigenvalue weighted by atomic mass is 10.2. The maximum Gasteiger partial charge on any atom is 0.224 e. The summed E-state index contributed by atoms with van der Waals surface area (Å²) in [6, 6.07) is 0. The lowest BCUT2D eigenvalue weighted by Gasteiger charge is -2.30. The zero-order valence-corrected chi connectivity index (χ0v) is 10.5. The average molecular weight is 214 g/mol. The fourth-order valence-corrected chi connectivity index (χ4v) is 1.68. The summed E-state index contributed by atoms with van der Waals surface area (Å²) in [7, 11) is 0. The third-order valence-electron chi connectivity index (χ3n) is 2.57. The van der Waals surface area contributed by atoms with Crippen LogP contribution >= 0.6 is 0 Å². The lowest BCUT2D eigenvalue weighted by Crippen LogP contribution is -2.42. The van der Waals surface area contributed by atoms with E-state index < -0.39 is 0 Å². The zero-order valence-electron chi connectivity index (χ0n) is 10.5. The molecule has 0 fully saturated rings. The molecular formula is C12H26N2O. The molecule has 3 nitrogen and oxygen atoms in total. The van der Waals surface area contributed by atoms with Gasteiger partial charge in [-0.25, -0.2) is 5.01 Å². The van der Waals surface area contributed by atoms with Crippen LogP contribution in [0, 0.1) is 0 Å². The van der Waals surface area contributed by atoms with Gasteiger partial charge in [-0.2, -0.15) is 0 Å². The van der Waals surface area contributed by atoms with E-state index in [-0.39, 0.29) is 0 Å². The van der Waals surface area contributed by atoms with Crippen molar-refractivity contribution in [3.05, 3.63) is 0 Å². The van der Waals surface area contributed by atoms with Gasteiger partial charge in [0.15, 0.2) is 0 Å². The molecule has 15 heavy (non-hydrogen) atoms. The number of nitrogens with zero attached hydrogens (tertiary/aromatic N) is 2. The summed E-state index contributed by atoms with van der Waals surface area (Å²) in [5.74, 6) is 0. The molecule has 3 heteroatoms. The van der Waals surface area contributed by atoms with Crippen LogP contribution in [0.2, 0.25) is 0 Å². The largest absolute Gasteiger partial charge is 0.278 e. The molecule has 0 rings (SSSR count). The molecular weight excluding hydrogens is 188 g/mol. The minimum absolute atomic E-state index is 0.838. The Kier molecular flexibility index (Phi) is 9.59. The molecule has 0 aromatic carbocycles. The van der Waals surface area contributed by atoms with E-state index in [1.54, 1.807) is 0 Å². The van der Waals surface area contributed by atoms with Gasteiger partial charge in [0.25, 0.3) is 0 Å². The highest BCUT2D eigenvalue weighted by atomic mass is 16.1. The van der Waals surface area contributed by atoms with Crippen LogP contribution in [0.25, 0.3) is 0 Å². The van der Waals surface area contributed by atoms with E-state index >= 15 is 0 Å². The van der Waals surface area contributed by atoms with E-state index in [1.165, 1.54) is 25.7 Å². The van der Waals surface area contributed by atoms with Gasteiger partial charge in [-0.3, -0.25) is 9.80 Å². The smallest absolute Gasteiger partial charge is 0.224 e. The molecule has 0 bridgehead atoms. The predicted octanol–water partition coefficient (Wildman–Crippen LogP) is 2.67. The van der Waals surface area contributed by atoms with Gasteiger partial charge in [0.05, 0.1) is 0 Å². The Bertz CT molecular complexity index is 151. The van der Waals surface area contributed by atoms with Gasteiger partial charge >= 0.3 is 0 Å². The number of amides is 1. The highest BCUT2D eigenvalue weighted by Crippen LogP contribution is 2.03. The van der Waals surface area contributed by atoms with Crippen molar-refractivity contribution < 1.29 is 4.79 Å². The number of hydrogen-bond acceptors (Lipinski definition) is 2. The van der Waals surface area contributed by atoms with Gasteiger partial charge in [-0.1, -0.05) is 40.0 Å². The Morgan fingerprint density at radius 2 is 1.67 bits per heavy atom.